The van der Waals surface area contributed by atoms with E-state index >= 15 is 0 Å². The van der Waals surface area contributed by atoms with E-state index in [4.69, 9.17) is 5.73 Å². The molecule has 0 aliphatic heterocycles. The Hall–Kier alpha value is -2.22. The van der Waals surface area contributed by atoms with Gasteiger partial charge in [0.05, 0.1) is 16.8 Å². The Balaban J connectivity index is 2.41. The fraction of sp³-hybridized carbons (Fsp3) is 0. The normalized spacial score (nSPS) is 11.3. The standard InChI is InChI=1S/C11H9F2N3O2S/c12-7-3-8(14)5-9(4-7)19(17,18)16-11-1-2-15-6-10(11)13/h1-6H,14H2,(H,15,16). The van der Waals surface area contributed by atoms with Gasteiger partial charge in [-0.2, -0.15) is 0 Å². The summed E-state index contributed by atoms with van der Waals surface area (Å²) in [6.45, 7) is 0. The van der Waals surface area contributed by atoms with Gasteiger partial charge in [-0.15, -0.1) is 0 Å². The number of rotatable bonds is 3. The van der Waals surface area contributed by atoms with Crippen LogP contribution in [0.15, 0.2) is 41.6 Å². The van der Waals surface area contributed by atoms with Crippen molar-refractivity contribution in [3.63, 3.8) is 0 Å². The van der Waals surface area contributed by atoms with Gasteiger partial charge < -0.3 is 5.73 Å². The second-order valence-electron chi connectivity index (χ2n) is 3.68. The van der Waals surface area contributed by atoms with E-state index in [2.05, 4.69) is 4.98 Å². The lowest BCUT2D eigenvalue weighted by molar-refractivity contribution is 0.593. The van der Waals surface area contributed by atoms with Crippen LogP contribution in [0, 0.1) is 11.6 Å². The number of hydrogen-bond acceptors (Lipinski definition) is 4. The second-order valence-corrected chi connectivity index (χ2v) is 5.36. The molecule has 0 unspecified atom stereocenters. The number of pyridine rings is 1. The Morgan fingerprint density at radius 2 is 1.95 bits per heavy atom. The van der Waals surface area contributed by atoms with Gasteiger partial charge in [0.2, 0.25) is 0 Å². The molecule has 100 valence electrons. The number of nitrogens with two attached hydrogens (primary N) is 1. The zero-order chi connectivity index (χ0) is 14.0. The Labute approximate surface area is 108 Å². The molecule has 1 aromatic carbocycles. The summed E-state index contributed by atoms with van der Waals surface area (Å²) in [5, 5.41) is 0. The van der Waals surface area contributed by atoms with Gasteiger partial charge in [0.15, 0.2) is 5.82 Å². The second kappa shape index (κ2) is 4.81. The van der Waals surface area contributed by atoms with Crippen LogP contribution in [-0.2, 0) is 10.0 Å². The third kappa shape index (κ3) is 2.97. The smallest absolute Gasteiger partial charge is 0.262 e. The van der Waals surface area contributed by atoms with Crippen LogP contribution in [0.3, 0.4) is 0 Å². The van der Waals surface area contributed by atoms with E-state index in [9.17, 15) is 17.2 Å². The van der Waals surface area contributed by atoms with E-state index < -0.39 is 21.7 Å². The first kappa shape index (κ1) is 13.2. The molecule has 19 heavy (non-hydrogen) atoms. The van der Waals surface area contributed by atoms with Gasteiger partial charge in [-0.05, 0) is 24.3 Å². The molecule has 0 aliphatic carbocycles. The van der Waals surface area contributed by atoms with Crippen molar-refractivity contribution in [3.05, 3.63) is 48.3 Å². The molecule has 0 saturated heterocycles. The Bertz CT molecular complexity index is 699. The molecular weight excluding hydrogens is 276 g/mol. The van der Waals surface area contributed by atoms with Crippen LogP contribution in [0.2, 0.25) is 0 Å². The molecule has 0 radical (unpaired) electrons. The van der Waals surface area contributed by atoms with Crippen molar-refractivity contribution in [2.45, 2.75) is 4.90 Å². The van der Waals surface area contributed by atoms with E-state index in [1.165, 1.54) is 6.20 Å². The highest BCUT2D eigenvalue weighted by Crippen LogP contribution is 2.20. The Morgan fingerprint density at radius 1 is 1.21 bits per heavy atom. The highest BCUT2D eigenvalue weighted by atomic mass is 32.2. The average molecular weight is 285 g/mol. The van der Waals surface area contributed by atoms with Gasteiger partial charge >= 0.3 is 0 Å². The van der Waals surface area contributed by atoms with Crippen molar-refractivity contribution in [1.82, 2.24) is 4.98 Å². The molecule has 0 fully saturated rings. The van der Waals surface area contributed by atoms with E-state index in [1.54, 1.807) is 0 Å². The molecule has 0 saturated carbocycles. The summed E-state index contributed by atoms with van der Waals surface area (Å²) < 4.78 is 52.3. The van der Waals surface area contributed by atoms with Gasteiger partial charge in [-0.1, -0.05) is 0 Å². The van der Waals surface area contributed by atoms with Crippen molar-refractivity contribution < 1.29 is 17.2 Å². The summed E-state index contributed by atoms with van der Waals surface area (Å²) in [7, 11) is -4.12. The van der Waals surface area contributed by atoms with E-state index in [0.717, 1.165) is 30.5 Å². The lowest BCUT2D eigenvalue weighted by atomic mass is 10.3. The van der Waals surface area contributed by atoms with Crippen LogP contribution < -0.4 is 10.5 Å². The monoisotopic (exact) mass is 285 g/mol. The highest BCUT2D eigenvalue weighted by molar-refractivity contribution is 7.92. The quantitative estimate of drug-likeness (QED) is 0.841. The third-order valence-electron chi connectivity index (χ3n) is 2.22. The SMILES string of the molecule is Nc1cc(F)cc(S(=O)(=O)Nc2ccncc2F)c1. The molecule has 0 aliphatic rings. The number of halogens is 2. The minimum absolute atomic E-state index is 0.0458. The number of aromatic nitrogens is 1. The van der Waals surface area contributed by atoms with Gasteiger partial charge in [0.25, 0.3) is 10.0 Å². The maximum absolute atomic E-state index is 13.3. The van der Waals surface area contributed by atoms with Crippen LogP contribution in [0.5, 0.6) is 0 Å². The number of sulfonamides is 1. The molecule has 0 atom stereocenters. The van der Waals surface area contributed by atoms with Crippen molar-refractivity contribution in [2.24, 2.45) is 0 Å². The lowest BCUT2D eigenvalue weighted by Crippen LogP contribution is -2.14. The number of benzene rings is 1. The lowest BCUT2D eigenvalue weighted by Gasteiger charge is -2.09. The molecule has 1 heterocycles. The molecule has 8 heteroatoms. The average Bonchev–Trinajstić information content (AvgIpc) is 2.31. The van der Waals surface area contributed by atoms with Gasteiger partial charge in [0, 0.05) is 11.9 Å². The summed E-state index contributed by atoms with van der Waals surface area (Å²) in [6, 6.07) is 3.99. The topological polar surface area (TPSA) is 85.1 Å². The van der Waals surface area contributed by atoms with Gasteiger partial charge in [-0.25, -0.2) is 17.2 Å². The molecule has 5 nitrogen and oxygen atoms in total. The molecular formula is C11H9F2N3O2S. The van der Waals surface area contributed by atoms with Crippen molar-refractivity contribution in [2.75, 3.05) is 10.5 Å². The predicted octanol–water partition coefficient (Wildman–Crippen LogP) is 1.74. The third-order valence-corrected chi connectivity index (χ3v) is 3.57. The first-order valence-electron chi connectivity index (χ1n) is 5.07. The fourth-order valence-electron chi connectivity index (χ4n) is 1.40. The number of hydrogen-bond donors (Lipinski definition) is 2. The first-order chi connectivity index (χ1) is 8.88. The van der Waals surface area contributed by atoms with Gasteiger partial charge in [0.1, 0.15) is 5.82 Å². The zero-order valence-electron chi connectivity index (χ0n) is 9.47. The van der Waals surface area contributed by atoms with E-state index in [1.807, 2.05) is 4.72 Å². The molecule has 2 aromatic rings. The number of nitrogens with zero attached hydrogens (tertiary/aromatic N) is 1. The van der Waals surface area contributed by atoms with E-state index in [0.29, 0.717) is 0 Å². The van der Waals surface area contributed by atoms with Crippen LogP contribution in [-0.4, -0.2) is 13.4 Å². The summed E-state index contributed by atoms with van der Waals surface area (Å²) in [4.78, 5) is 3.10. The number of nitrogen functional groups attached to an aromatic ring is 1. The van der Waals surface area contributed by atoms with Crippen molar-refractivity contribution in [1.29, 1.82) is 0 Å². The summed E-state index contributed by atoms with van der Waals surface area (Å²) in [5.41, 5.74) is 5.04. The largest absolute Gasteiger partial charge is 0.399 e. The molecule has 3 N–H and O–H groups in total. The van der Waals surface area contributed by atoms with Gasteiger partial charge in [-0.3, -0.25) is 9.71 Å². The van der Waals surface area contributed by atoms with Crippen molar-refractivity contribution >= 4 is 21.4 Å². The van der Waals surface area contributed by atoms with Crippen LogP contribution in [0.4, 0.5) is 20.2 Å². The van der Waals surface area contributed by atoms with Crippen LogP contribution >= 0.6 is 0 Å². The van der Waals surface area contributed by atoms with Crippen LogP contribution in [0.25, 0.3) is 0 Å². The Kier molecular flexibility index (Phi) is 3.34. The predicted molar refractivity (Wildman–Crippen MR) is 65.8 cm³/mol. The zero-order valence-corrected chi connectivity index (χ0v) is 10.3. The minimum Gasteiger partial charge on any atom is -0.399 e. The first-order valence-corrected chi connectivity index (χ1v) is 6.55. The summed E-state index contributed by atoms with van der Waals surface area (Å²) >= 11 is 0. The molecule has 0 spiro atoms. The van der Waals surface area contributed by atoms with Crippen LogP contribution in [0.1, 0.15) is 0 Å². The Morgan fingerprint density at radius 3 is 2.58 bits per heavy atom. The maximum Gasteiger partial charge on any atom is 0.262 e. The summed E-state index contributed by atoms with van der Waals surface area (Å²) in [6.07, 6.45) is 2.08. The van der Waals surface area contributed by atoms with E-state index in [-0.39, 0.29) is 16.3 Å². The van der Waals surface area contributed by atoms with Crippen molar-refractivity contribution in [3.8, 4) is 0 Å². The molecule has 2 rings (SSSR count). The number of anilines is 2. The molecule has 1 aromatic heterocycles. The number of nitrogens with one attached hydrogen (secondary N) is 1. The summed E-state index contributed by atoms with van der Waals surface area (Å²) in [5.74, 6) is -1.63. The fourth-order valence-corrected chi connectivity index (χ4v) is 2.53. The minimum atomic E-state index is -4.12. The molecule has 0 bridgehead atoms. The molecule has 0 amide bonds. The highest BCUT2D eigenvalue weighted by Gasteiger charge is 2.17. The maximum atomic E-state index is 13.3.